The quantitative estimate of drug-likeness (QED) is 0.877. The Morgan fingerprint density at radius 2 is 2.06 bits per heavy atom. The summed E-state index contributed by atoms with van der Waals surface area (Å²) < 4.78 is 7.64. The molecule has 17 heavy (non-hydrogen) atoms. The summed E-state index contributed by atoms with van der Waals surface area (Å²) in [6.45, 7) is 6.44. The highest BCUT2D eigenvalue weighted by molar-refractivity contribution is 5.47. The van der Waals surface area contributed by atoms with Gasteiger partial charge in [0.25, 0.3) is 0 Å². The summed E-state index contributed by atoms with van der Waals surface area (Å²) in [5.74, 6) is 0. The third-order valence-electron chi connectivity index (χ3n) is 3.30. The summed E-state index contributed by atoms with van der Waals surface area (Å²) in [6, 6.07) is 0.503. The molecule has 1 saturated heterocycles. The average Bonchev–Trinajstić information content (AvgIpc) is 2.57. The summed E-state index contributed by atoms with van der Waals surface area (Å²) in [5, 5.41) is 8.07. The molecule has 0 aromatic carbocycles. The molecule has 0 amide bonds. The van der Waals surface area contributed by atoms with E-state index in [2.05, 4.69) is 37.4 Å². The van der Waals surface area contributed by atoms with Crippen molar-refractivity contribution in [2.24, 2.45) is 7.05 Å². The molecule has 4 nitrogen and oxygen atoms in total. The molecule has 0 spiro atoms. The van der Waals surface area contributed by atoms with Crippen molar-refractivity contribution in [1.29, 1.82) is 0 Å². The van der Waals surface area contributed by atoms with Crippen LogP contribution in [0.4, 0.5) is 5.69 Å². The fourth-order valence-electron chi connectivity index (χ4n) is 2.66. The van der Waals surface area contributed by atoms with E-state index >= 15 is 0 Å². The van der Waals surface area contributed by atoms with Crippen LogP contribution in [0.2, 0.25) is 0 Å². The van der Waals surface area contributed by atoms with E-state index in [0.717, 1.165) is 25.0 Å². The molecule has 1 aromatic heterocycles. The van der Waals surface area contributed by atoms with E-state index in [0.29, 0.717) is 18.2 Å². The molecule has 1 fully saturated rings. The summed E-state index contributed by atoms with van der Waals surface area (Å²) >= 11 is 0. The van der Waals surface area contributed by atoms with Gasteiger partial charge in [-0.05, 0) is 33.1 Å². The third kappa shape index (κ3) is 3.00. The molecule has 2 atom stereocenters. The predicted octanol–water partition coefficient (Wildman–Crippen LogP) is 2.35. The monoisotopic (exact) mass is 237 g/mol. The van der Waals surface area contributed by atoms with E-state index in [1.165, 1.54) is 5.69 Å². The lowest BCUT2D eigenvalue weighted by Gasteiger charge is -2.33. The normalized spacial score (nSPS) is 29.3. The average molecular weight is 237 g/mol. The van der Waals surface area contributed by atoms with Crippen LogP contribution in [0.25, 0.3) is 0 Å². The van der Waals surface area contributed by atoms with Gasteiger partial charge in [0.1, 0.15) is 0 Å². The second kappa shape index (κ2) is 5.08. The molecule has 2 heterocycles. The smallest absolute Gasteiger partial charge is 0.0853 e. The van der Waals surface area contributed by atoms with Gasteiger partial charge in [0, 0.05) is 19.3 Å². The van der Waals surface area contributed by atoms with Crippen molar-refractivity contribution in [3.05, 3.63) is 11.9 Å². The van der Waals surface area contributed by atoms with Crippen LogP contribution in [-0.4, -0.2) is 28.0 Å². The molecule has 2 rings (SSSR count). The van der Waals surface area contributed by atoms with Crippen molar-refractivity contribution in [2.45, 2.75) is 58.3 Å². The number of nitrogens with zero attached hydrogens (tertiary/aromatic N) is 2. The molecule has 96 valence electrons. The van der Waals surface area contributed by atoms with Crippen molar-refractivity contribution in [2.75, 3.05) is 5.32 Å². The number of hydrogen-bond acceptors (Lipinski definition) is 3. The van der Waals surface area contributed by atoms with Gasteiger partial charge in [-0.15, -0.1) is 0 Å². The number of aryl methyl sites for hydroxylation is 2. The first-order valence-corrected chi connectivity index (χ1v) is 6.53. The molecule has 0 aliphatic carbocycles. The van der Waals surface area contributed by atoms with Crippen LogP contribution in [0.1, 0.15) is 39.3 Å². The van der Waals surface area contributed by atoms with E-state index in [9.17, 15) is 0 Å². The van der Waals surface area contributed by atoms with Gasteiger partial charge in [-0.1, -0.05) is 6.92 Å². The standard InChI is InChI=1S/C13H23N3O/c1-5-12-13(8-16(4)15-12)14-11-6-9(2)17-10(3)7-11/h8-11,14H,5-7H2,1-4H3. The van der Waals surface area contributed by atoms with Gasteiger partial charge in [0.15, 0.2) is 0 Å². The molecular weight excluding hydrogens is 214 g/mol. The number of aromatic nitrogens is 2. The van der Waals surface area contributed by atoms with E-state index in [-0.39, 0.29) is 0 Å². The number of ether oxygens (including phenoxy) is 1. The van der Waals surface area contributed by atoms with Crippen molar-refractivity contribution >= 4 is 5.69 Å². The molecular formula is C13H23N3O. The zero-order valence-electron chi connectivity index (χ0n) is 11.2. The maximum absolute atomic E-state index is 5.76. The lowest BCUT2D eigenvalue weighted by Crippen LogP contribution is -2.37. The second-order valence-corrected chi connectivity index (χ2v) is 5.09. The van der Waals surface area contributed by atoms with E-state index < -0.39 is 0 Å². The van der Waals surface area contributed by atoms with E-state index in [1.54, 1.807) is 0 Å². The Morgan fingerprint density at radius 3 is 2.65 bits per heavy atom. The zero-order valence-corrected chi connectivity index (χ0v) is 11.2. The number of nitrogens with one attached hydrogen (secondary N) is 1. The van der Waals surface area contributed by atoms with E-state index in [1.807, 2.05) is 11.7 Å². The van der Waals surface area contributed by atoms with Gasteiger partial charge in [-0.2, -0.15) is 5.10 Å². The third-order valence-corrected chi connectivity index (χ3v) is 3.30. The molecule has 4 heteroatoms. The maximum Gasteiger partial charge on any atom is 0.0853 e. The van der Waals surface area contributed by atoms with Gasteiger partial charge in [0.2, 0.25) is 0 Å². The van der Waals surface area contributed by atoms with Crippen LogP contribution in [-0.2, 0) is 18.2 Å². The summed E-state index contributed by atoms with van der Waals surface area (Å²) in [5.41, 5.74) is 2.33. The first-order chi connectivity index (χ1) is 8.08. The minimum absolute atomic E-state index is 0.345. The van der Waals surface area contributed by atoms with Gasteiger partial charge in [0.05, 0.1) is 23.6 Å². The van der Waals surface area contributed by atoms with Crippen LogP contribution < -0.4 is 5.32 Å². The fraction of sp³-hybridized carbons (Fsp3) is 0.769. The Labute approximate surface area is 103 Å². The molecule has 1 aromatic rings. The SMILES string of the molecule is CCc1nn(C)cc1NC1CC(C)OC(C)C1. The number of hydrogen-bond donors (Lipinski definition) is 1. The molecule has 1 aliphatic rings. The van der Waals surface area contributed by atoms with Gasteiger partial charge in [-0.25, -0.2) is 0 Å². The van der Waals surface area contributed by atoms with Crippen molar-refractivity contribution in [3.8, 4) is 0 Å². The maximum atomic E-state index is 5.76. The highest BCUT2D eigenvalue weighted by Gasteiger charge is 2.25. The van der Waals surface area contributed by atoms with Gasteiger partial charge >= 0.3 is 0 Å². The van der Waals surface area contributed by atoms with Crippen LogP contribution in [0, 0.1) is 0 Å². The Hall–Kier alpha value is -1.03. The summed E-state index contributed by atoms with van der Waals surface area (Å²) in [7, 11) is 1.97. The van der Waals surface area contributed by atoms with Crippen molar-refractivity contribution < 1.29 is 4.74 Å². The van der Waals surface area contributed by atoms with Gasteiger partial charge < -0.3 is 10.1 Å². The predicted molar refractivity (Wildman–Crippen MR) is 69.2 cm³/mol. The number of anilines is 1. The Morgan fingerprint density at radius 1 is 1.41 bits per heavy atom. The van der Waals surface area contributed by atoms with Crippen molar-refractivity contribution in [1.82, 2.24) is 9.78 Å². The fourth-order valence-corrected chi connectivity index (χ4v) is 2.66. The minimum atomic E-state index is 0.345. The largest absolute Gasteiger partial charge is 0.379 e. The molecule has 0 radical (unpaired) electrons. The summed E-state index contributed by atoms with van der Waals surface area (Å²) in [4.78, 5) is 0. The molecule has 1 aliphatic heterocycles. The first kappa shape index (κ1) is 12.4. The summed E-state index contributed by atoms with van der Waals surface area (Å²) in [6.07, 6.45) is 5.88. The van der Waals surface area contributed by atoms with Crippen LogP contribution in [0.15, 0.2) is 6.20 Å². The Balaban J connectivity index is 2.04. The van der Waals surface area contributed by atoms with Crippen LogP contribution >= 0.6 is 0 Å². The first-order valence-electron chi connectivity index (χ1n) is 6.53. The van der Waals surface area contributed by atoms with Crippen LogP contribution in [0.5, 0.6) is 0 Å². The molecule has 1 N–H and O–H groups in total. The Kier molecular flexibility index (Phi) is 3.72. The zero-order chi connectivity index (χ0) is 12.4. The van der Waals surface area contributed by atoms with Gasteiger partial charge in [-0.3, -0.25) is 4.68 Å². The van der Waals surface area contributed by atoms with Crippen LogP contribution in [0.3, 0.4) is 0 Å². The molecule has 0 saturated carbocycles. The topological polar surface area (TPSA) is 39.1 Å². The minimum Gasteiger partial charge on any atom is -0.379 e. The highest BCUT2D eigenvalue weighted by atomic mass is 16.5. The van der Waals surface area contributed by atoms with Crippen molar-refractivity contribution in [3.63, 3.8) is 0 Å². The lowest BCUT2D eigenvalue weighted by atomic mass is 9.99. The molecule has 2 unspecified atom stereocenters. The second-order valence-electron chi connectivity index (χ2n) is 5.09. The van der Waals surface area contributed by atoms with E-state index in [4.69, 9.17) is 4.74 Å². The highest BCUT2D eigenvalue weighted by Crippen LogP contribution is 2.24. The molecule has 0 bridgehead atoms. The number of rotatable bonds is 3. The Bertz CT molecular complexity index is 365. The lowest BCUT2D eigenvalue weighted by molar-refractivity contribution is -0.0337.